The fourth-order valence-electron chi connectivity index (χ4n) is 10.3. The van der Waals surface area contributed by atoms with Crippen LogP contribution >= 0.6 is 34.4 Å². The maximum Gasteiger partial charge on any atom is 0.261 e. The number of hydrogen-bond acceptors (Lipinski definition) is 6. The van der Waals surface area contributed by atoms with Gasteiger partial charge in [-0.05, 0) is 86.1 Å². The molecule has 372 valence electrons. The monoisotopic (exact) mass is 964 g/mol. The number of rotatable bonds is 39. The van der Waals surface area contributed by atoms with Crippen molar-refractivity contribution in [2.75, 3.05) is 25.4 Å². The van der Waals surface area contributed by atoms with Crippen molar-refractivity contribution in [2.24, 2.45) is 17.8 Å². The fraction of sp³-hybridized carbons (Fsp3) is 0.737. The minimum Gasteiger partial charge on any atom is -0.343 e. The zero-order valence-corrected chi connectivity index (χ0v) is 45.4. The molecule has 4 heterocycles. The summed E-state index contributed by atoms with van der Waals surface area (Å²) in [7, 11) is 0. The van der Waals surface area contributed by atoms with Gasteiger partial charge in [-0.3, -0.25) is 14.4 Å². The van der Waals surface area contributed by atoms with E-state index < -0.39 is 0 Å². The quantitative estimate of drug-likeness (QED) is 0.0678. The van der Waals surface area contributed by atoms with Gasteiger partial charge in [-0.1, -0.05) is 182 Å². The molecule has 2 aliphatic rings. The van der Waals surface area contributed by atoms with Gasteiger partial charge in [0.05, 0.1) is 32.3 Å². The van der Waals surface area contributed by atoms with Gasteiger partial charge >= 0.3 is 0 Å². The summed E-state index contributed by atoms with van der Waals surface area (Å²) < 4.78 is 0. The molecule has 0 fully saturated rings. The Morgan fingerprint density at radius 1 is 0.667 bits per heavy atom. The normalized spacial score (nSPS) is 15.8. The molecule has 2 aromatic heterocycles. The van der Waals surface area contributed by atoms with Gasteiger partial charge in [0, 0.05) is 36.2 Å². The molecule has 0 aliphatic carbocycles. The maximum atomic E-state index is 14.8. The number of fused-ring (bicyclic) bond motifs is 1. The van der Waals surface area contributed by atoms with Crippen LogP contribution in [0.15, 0.2) is 40.8 Å². The lowest BCUT2D eigenvalue weighted by Gasteiger charge is -2.29. The lowest BCUT2D eigenvalue weighted by molar-refractivity contribution is -0.133. The molecule has 0 aromatic carbocycles. The highest BCUT2D eigenvalue weighted by molar-refractivity contribution is 7.99. The van der Waals surface area contributed by atoms with Crippen LogP contribution < -0.4 is 5.32 Å². The van der Waals surface area contributed by atoms with E-state index in [1.165, 1.54) is 146 Å². The van der Waals surface area contributed by atoms with Crippen molar-refractivity contribution in [1.82, 2.24) is 15.1 Å². The molecule has 0 bridgehead atoms. The topological polar surface area (TPSA) is 69.7 Å². The molecule has 0 saturated carbocycles. The van der Waals surface area contributed by atoms with Crippen molar-refractivity contribution in [1.29, 1.82) is 0 Å². The summed E-state index contributed by atoms with van der Waals surface area (Å²) in [6.07, 6.45) is 32.8. The highest BCUT2D eigenvalue weighted by Gasteiger charge is 2.46. The zero-order chi connectivity index (χ0) is 47.5. The second-order valence-electron chi connectivity index (χ2n) is 19.7. The Morgan fingerprint density at radius 2 is 1.23 bits per heavy atom. The number of amides is 3. The van der Waals surface area contributed by atoms with Crippen LogP contribution in [0.4, 0.5) is 0 Å². The van der Waals surface area contributed by atoms with E-state index in [1.807, 2.05) is 22.7 Å². The average molecular weight is 965 g/mol. The van der Waals surface area contributed by atoms with E-state index in [0.717, 1.165) is 60.0 Å². The second-order valence-corrected chi connectivity index (χ2v) is 23.2. The molecule has 4 atom stereocenters. The maximum absolute atomic E-state index is 14.8. The Bertz CT molecular complexity index is 1750. The predicted molar refractivity (Wildman–Crippen MR) is 289 cm³/mol. The fourth-order valence-corrected chi connectivity index (χ4v) is 13.5. The Hall–Kier alpha value is -2.36. The van der Waals surface area contributed by atoms with Gasteiger partial charge in [-0.2, -0.15) is 11.8 Å². The first-order valence-electron chi connectivity index (χ1n) is 27.4. The number of carbonyl (C=O) groups is 3. The Labute approximate surface area is 416 Å². The van der Waals surface area contributed by atoms with Crippen molar-refractivity contribution in [3.63, 3.8) is 0 Å². The molecule has 66 heavy (non-hydrogen) atoms. The van der Waals surface area contributed by atoms with Crippen molar-refractivity contribution in [3.05, 3.63) is 55.4 Å². The van der Waals surface area contributed by atoms with E-state index in [4.69, 9.17) is 0 Å². The van der Waals surface area contributed by atoms with Crippen molar-refractivity contribution in [2.45, 2.75) is 227 Å². The number of thioether (sulfide) groups is 1. The van der Waals surface area contributed by atoms with Gasteiger partial charge in [0.15, 0.2) is 0 Å². The molecule has 2 aromatic rings. The van der Waals surface area contributed by atoms with Gasteiger partial charge in [-0.15, -0.1) is 22.7 Å². The van der Waals surface area contributed by atoms with Gasteiger partial charge < -0.3 is 15.1 Å². The summed E-state index contributed by atoms with van der Waals surface area (Å²) in [5, 5.41) is 5.50. The summed E-state index contributed by atoms with van der Waals surface area (Å²) >= 11 is 5.29. The van der Waals surface area contributed by atoms with Crippen molar-refractivity contribution < 1.29 is 14.4 Å². The summed E-state index contributed by atoms with van der Waals surface area (Å²) in [4.78, 5) is 50.5. The third-order valence-electron chi connectivity index (χ3n) is 14.3. The first kappa shape index (κ1) is 56.2. The summed E-state index contributed by atoms with van der Waals surface area (Å²) in [5.41, 5.74) is 2.58. The second kappa shape index (κ2) is 32.5. The molecular weight excluding hydrogens is 871 g/mol. The third-order valence-corrected chi connectivity index (χ3v) is 17.8. The summed E-state index contributed by atoms with van der Waals surface area (Å²) in [6, 6.07) is 8.44. The number of nitrogens with one attached hydrogen (secondary N) is 1. The molecule has 0 saturated heterocycles. The number of thiophene rings is 2. The Kier molecular flexibility index (Phi) is 27.6. The molecular formula is C57H93N3O3S3. The molecule has 1 N–H and O–H groups in total. The first-order chi connectivity index (χ1) is 32.2. The van der Waals surface area contributed by atoms with E-state index >= 15 is 0 Å². The van der Waals surface area contributed by atoms with Gasteiger partial charge in [0.2, 0.25) is 5.91 Å². The number of unbranched alkanes of at least 4 members (excludes halogenated alkanes) is 16. The number of nitrogens with zero attached hydrogens (tertiary/aromatic N) is 2. The van der Waals surface area contributed by atoms with E-state index in [-0.39, 0.29) is 23.0 Å². The molecule has 0 radical (unpaired) electrons. The van der Waals surface area contributed by atoms with Crippen molar-refractivity contribution in [3.8, 4) is 0 Å². The van der Waals surface area contributed by atoms with Gasteiger partial charge in [-0.25, -0.2) is 0 Å². The number of carbonyl (C=O) groups excluding carboxylic acids is 3. The van der Waals surface area contributed by atoms with Crippen LogP contribution in [0.1, 0.15) is 242 Å². The number of hydrogen-bond donors (Lipinski definition) is 1. The lowest BCUT2D eigenvalue weighted by atomic mass is 9.92. The molecule has 3 amide bonds. The molecule has 0 spiro atoms. The van der Waals surface area contributed by atoms with Crippen LogP contribution in [-0.2, 0) is 14.4 Å². The minimum atomic E-state index is -0.163. The Morgan fingerprint density at radius 3 is 1.76 bits per heavy atom. The highest BCUT2D eigenvalue weighted by atomic mass is 32.2. The molecule has 9 heteroatoms. The Balaban J connectivity index is 1.51. The van der Waals surface area contributed by atoms with Crippen molar-refractivity contribution >= 4 is 63.6 Å². The first-order valence-corrected chi connectivity index (χ1v) is 30.1. The van der Waals surface area contributed by atoms with Crippen LogP contribution in [0.25, 0.3) is 11.4 Å². The molecule has 2 aliphatic heterocycles. The van der Waals surface area contributed by atoms with E-state index in [1.54, 1.807) is 22.7 Å². The molecule has 4 rings (SSSR count). The highest BCUT2D eigenvalue weighted by Crippen LogP contribution is 2.47. The van der Waals surface area contributed by atoms with E-state index in [2.05, 4.69) is 82.3 Å². The van der Waals surface area contributed by atoms with Crippen LogP contribution in [0.3, 0.4) is 0 Å². The largest absolute Gasteiger partial charge is 0.343 e. The van der Waals surface area contributed by atoms with E-state index in [9.17, 15) is 14.4 Å². The predicted octanol–water partition coefficient (Wildman–Crippen LogP) is 17.0. The standard InChI is InChI=1S/C57H93N3O3S3/c1-8-15-19-23-25-29-33-45(32-27-21-17-10-3)42-59(13-6)51(61)41-44(12-5)40-50(64-14-7)47-37-38-48(66-47)54-52-53(56(62)58-54)55(49-36-31-39-65-49)60(57(52)63)43-46(34-28-22-18-11-4)35-30-26-24-20-16-9-2/h31,36-39,44-46,50H,8-30,32-35,40-43H2,1-7H3,(H,58,62). The zero-order valence-electron chi connectivity index (χ0n) is 43.0. The van der Waals surface area contributed by atoms with E-state index in [0.29, 0.717) is 47.6 Å². The average Bonchev–Trinajstić information content (AvgIpc) is 4.14. The van der Waals surface area contributed by atoms with Gasteiger partial charge in [0.1, 0.15) is 0 Å². The van der Waals surface area contributed by atoms with Gasteiger partial charge in [0.25, 0.3) is 11.8 Å². The molecule has 6 nitrogen and oxygen atoms in total. The molecule has 4 unspecified atom stereocenters. The SMILES string of the molecule is CCCCCCCCC(CCCCCC)CN(CC)C(=O)CC(CC)CC(SCC)c1ccc(C2=C3C(=O)N(CC(CCCCCC)CCCCCCCC)C(c4cccs4)=C3C(=O)N2)s1. The minimum absolute atomic E-state index is 0.0297. The van der Waals surface area contributed by atoms with Crippen LogP contribution in [-0.4, -0.2) is 52.9 Å². The van der Waals surface area contributed by atoms with Crippen LogP contribution in [0.5, 0.6) is 0 Å². The van der Waals surface area contributed by atoms with Crippen LogP contribution in [0.2, 0.25) is 0 Å². The third kappa shape index (κ3) is 17.9. The summed E-state index contributed by atoms with van der Waals surface area (Å²) in [5.74, 6) is 2.39. The summed E-state index contributed by atoms with van der Waals surface area (Å²) in [6.45, 7) is 18.1. The smallest absolute Gasteiger partial charge is 0.261 e. The van der Waals surface area contributed by atoms with Crippen LogP contribution in [0, 0.1) is 17.8 Å². The lowest BCUT2D eigenvalue weighted by Crippen LogP contribution is -2.36.